The molecular weight excluding hydrogens is 359 g/mol. The Hall–Kier alpha value is -2.68. The fourth-order valence-electron chi connectivity index (χ4n) is 2.78. The van der Waals surface area contributed by atoms with E-state index in [2.05, 4.69) is 20.2 Å². The van der Waals surface area contributed by atoms with E-state index in [1.807, 2.05) is 7.05 Å². The van der Waals surface area contributed by atoms with Gasteiger partial charge in [0.05, 0.1) is 5.56 Å². The van der Waals surface area contributed by atoms with Gasteiger partial charge < -0.3 is 15.1 Å². The quantitative estimate of drug-likeness (QED) is 0.889. The summed E-state index contributed by atoms with van der Waals surface area (Å²) in [7, 11) is 2.00. The van der Waals surface area contributed by atoms with Crippen LogP contribution in [-0.4, -0.2) is 58.9 Å². The number of alkyl halides is 3. The molecule has 27 heavy (non-hydrogen) atoms. The molecule has 0 radical (unpaired) electrons. The van der Waals surface area contributed by atoms with Gasteiger partial charge in [0.1, 0.15) is 5.69 Å². The van der Waals surface area contributed by atoms with E-state index in [9.17, 15) is 18.0 Å². The summed E-state index contributed by atoms with van der Waals surface area (Å²) in [6.45, 7) is 4.58. The van der Waals surface area contributed by atoms with Gasteiger partial charge in [-0.15, -0.1) is 0 Å². The van der Waals surface area contributed by atoms with Crippen molar-refractivity contribution in [3.63, 3.8) is 0 Å². The Morgan fingerprint density at radius 1 is 1.07 bits per heavy atom. The highest BCUT2D eigenvalue weighted by Gasteiger charge is 2.30. The Morgan fingerprint density at radius 2 is 1.70 bits per heavy atom. The second-order valence-electron chi connectivity index (χ2n) is 6.51. The molecule has 0 atom stereocenters. The van der Waals surface area contributed by atoms with Crippen molar-refractivity contribution in [3.05, 3.63) is 47.3 Å². The fourth-order valence-corrected chi connectivity index (χ4v) is 2.78. The summed E-state index contributed by atoms with van der Waals surface area (Å²) in [5, 5.41) is 2.86. The molecule has 0 bridgehead atoms. The summed E-state index contributed by atoms with van der Waals surface area (Å²) in [6.07, 6.45) is -4.39. The maximum Gasteiger partial charge on any atom is 0.416 e. The number of carbonyl (C=O) groups excluding carboxylic acids is 1. The van der Waals surface area contributed by atoms with Gasteiger partial charge in [-0.05, 0) is 44.3 Å². The number of piperazine rings is 1. The van der Waals surface area contributed by atoms with Crippen LogP contribution >= 0.6 is 0 Å². The standard InChI is InChI=1S/C18H20F3N5O/c1-12-11-15(16(27)26-9-7-25(2)8-10-26)24-17(22-12)23-14-5-3-13(4-6-14)18(19,20)21/h3-6,11H,7-10H2,1-2H3,(H,22,23,24). The van der Waals surface area contributed by atoms with E-state index >= 15 is 0 Å². The van der Waals surface area contributed by atoms with E-state index in [1.54, 1.807) is 17.9 Å². The van der Waals surface area contributed by atoms with Crippen molar-refractivity contribution in [2.45, 2.75) is 13.1 Å². The number of likely N-dealkylation sites (N-methyl/N-ethyl adjacent to an activating group) is 1. The van der Waals surface area contributed by atoms with Crippen molar-refractivity contribution in [1.29, 1.82) is 0 Å². The average molecular weight is 379 g/mol. The third-order valence-corrected chi connectivity index (χ3v) is 4.33. The second kappa shape index (κ2) is 7.51. The Kier molecular flexibility index (Phi) is 5.31. The number of benzene rings is 1. The lowest BCUT2D eigenvalue weighted by atomic mass is 10.2. The maximum atomic E-state index is 12.7. The monoisotopic (exact) mass is 379 g/mol. The van der Waals surface area contributed by atoms with Crippen molar-refractivity contribution < 1.29 is 18.0 Å². The number of hydrogen-bond acceptors (Lipinski definition) is 5. The Bertz CT molecular complexity index is 815. The highest BCUT2D eigenvalue weighted by Crippen LogP contribution is 2.30. The third-order valence-electron chi connectivity index (χ3n) is 4.33. The molecule has 2 aromatic rings. The number of aryl methyl sites for hydroxylation is 1. The molecule has 6 nitrogen and oxygen atoms in total. The molecule has 1 aliphatic rings. The smallest absolute Gasteiger partial charge is 0.335 e. The largest absolute Gasteiger partial charge is 0.416 e. The van der Waals surface area contributed by atoms with Crippen LogP contribution in [0.15, 0.2) is 30.3 Å². The normalized spacial score (nSPS) is 15.7. The first-order valence-electron chi connectivity index (χ1n) is 8.50. The van der Waals surface area contributed by atoms with Crippen LogP contribution in [0.1, 0.15) is 21.7 Å². The lowest BCUT2D eigenvalue weighted by Gasteiger charge is -2.32. The van der Waals surface area contributed by atoms with Crippen LogP contribution in [0.2, 0.25) is 0 Å². The van der Waals surface area contributed by atoms with Gasteiger partial charge in [-0.2, -0.15) is 13.2 Å². The van der Waals surface area contributed by atoms with Crippen LogP contribution in [0, 0.1) is 6.92 Å². The number of carbonyl (C=O) groups is 1. The van der Waals surface area contributed by atoms with Gasteiger partial charge in [-0.3, -0.25) is 4.79 Å². The number of rotatable bonds is 3. The summed E-state index contributed by atoms with van der Waals surface area (Å²) in [5.41, 5.74) is 0.536. The van der Waals surface area contributed by atoms with E-state index in [1.165, 1.54) is 12.1 Å². The summed E-state index contributed by atoms with van der Waals surface area (Å²) < 4.78 is 38.0. The van der Waals surface area contributed by atoms with E-state index < -0.39 is 11.7 Å². The van der Waals surface area contributed by atoms with Crippen LogP contribution in [0.4, 0.5) is 24.8 Å². The molecule has 1 N–H and O–H groups in total. The molecule has 0 spiro atoms. The van der Waals surface area contributed by atoms with Crippen molar-refractivity contribution in [1.82, 2.24) is 19.8 Å². The number of nitrogens with zero attached hydrogens (tertiary/aromatic N) is 4. The number of aromatic nitrogens is 2. The zero-order valence-corrected chi connectivity index (χ0v) is 15.0. The molecule has 1 saturated heterocycles. The molecule has 3 rings (SSSR count). The lowest BCUT2D eigenvalue weighted by Crippen LogP contribution is -2.47. The van der Waals surface area contributed by atoms with Crippen molar-refractivity contribution in [3.8, 4) is 0 Å². The van der Waals surface area contributed by atoms with E-state index in [0.29, 0.717) is 24.5 Å². The summed E-state index contributed by atoms with van der Waals surface area (Å²) in [4.78, 5) is 25.0. The van der Waals surface area contributed by atoms with Gasteiger partial charge in [0.15, 0.2) is 0 Å². The molecular formula is C18H20F3N5O. The summed E-state index contributed by atoms with van der Waals surface area (Å²) in [5.74, 6) is -0.00342. The predicted molar refractivity (Wildman–Crippen MR) is 94.9 cm³/mol. The average Bonchev–Trinajstić information content (AvgIpc) is 2.61. The zero-order valence-electron chi connectivity index (χ0n) is 15.0. The van der Waals surface area contributed by atoms with Crippen LogP contribution in [0.3, 0.4) is 0 Å². The van der Waals surface area contributed by atoms with Crippen LogP contribution in [0.5, 0.6) is 0 Å². The van der Waals surface area contributed by atoms with Gasteiger partial charge in [-0.1, -0.05) is 0 Å². The third kappa shape index (κ3) is 4.73. The molecule has 1 amide bonds. The minimum atomic E-state index is -4.39. The number of anilines is 2. The van der Waals surface area contributed by atoms with Gasteiger partial charge in [0.25, 0.3) is 5.91 Å². The molecule has 0 aliphatic carbocycles. The maximum absolute atomic E-state index is 12.7. The van der Waals surface area contributed by atoms with Crippen LogP contribution < -0.4 is 5.32 Å². The zero-order chi connectivity index (χ0) is 19.6. The summed E-state index contributed by atoms with van der Waals surface area (Å²) in [6, 6.07) is 6.17. The van der Waals surface area contributed by atoms with Crippen LogP contribution in [-0.2, 0) is 6.18 Å². The molecule has 1 aromatic heterocycles. The molecule has 1 aliphatic heterocycles. The lowest BCUT2D eigenvalue weighted by molar-refractivity contribution is -0.137. The topological polar surface area (TPSA) is 61.4 Å². The number of amides is 1. The first-order valence-corrected chi connectivity index (χ1v) is 8.50. The van der Waals surface area contributed by atoms with Gasteiger partial charge in [0, 0.05) is 37.6 Å². The van der Waals surface area contributed by atoms with Crippen molar-refractivity contribution >= 4 is 17.5 Å². The number of hydrogen-bond donors (Lipinski definition) is 1. The van der Waals surface area contributed by atoms with Gasteiger partial charge >= 0.3 is 6.18 Å². The molecule has 0 unspecified atom stereocenters. The Balaban J connectivity index is 1.76. The molecule has 1 fully saturated rings. The van der Waals surface area contributed by atoms with Crippen molar-refractivity contribution in [2.24, 2.45) is 0 Å². The van der Waals surface area contributed by atoms with Crippen LogP contribution in [0.25, 0.3) is 0 Å². The first kappa shape index (κ1) is 19.1. The number of halogens is 3. The Morgan fingerprint density at radius 3 is 2.30 bits per heavy atom. The highest BCUT2D eigenvalue weighted by atomic mass is 19.4. The minimum absolute atomic E-state index is 0.173. The van der Waals surface area contributed by atoms with Crippen molar-refractivity contribution in [2.75, 3.05) is 38.5 Å². The molecule has 9 heteroatoms. The fraction of sp³-hybridized carbons (Fsp3) is 0.389. The molecule has 0 saturated carbocycles. The van der Waals surface area contributed by atoms with E-state index in [4.69, 9.17) is 0 Å². The van der Waals surface area contributed by atoms with E-state index in [-0.39, 0.29) is 17.5 Å². The predicted octanol–water partition coefficient (Wildman–Crippen LogP) is 2.94. The summed E-state index contributed by atoms with van der Waals surface area (Å²) >= 11 is 0. The highest BCUT2D eigenvalue weighted by molar-refractivity contribution is 5.92. The Labute approximate surface area is 155 Å². The number of nitrogens with one attached hydrogen (secondary N) is 1. The molecule has 144 valence electrons. The van der Waals surface area contributed by atoms with Gasteiger partial charge in [-0.25, -0.2) is 9.97 Å². The minimum Gasteiger partial charge on any atom is -0.335 e. The SMILES string of the molecule is Cc1cc(C(=O)N2CCN(C)CC2)nc(Nc2ccc(C(F)(F)F)cc2)n1. The molecule has 1 aromatic carbocycles. The van der Waals surface area contributed by atoms with E-state index in [0.717, 1.165) is 25.2 Å². The first-order chi connectivity index (χ1) is 12.7. The van der Waals surface area contributed by atoms with Gasteiger partial charge in [0.2, 0.25) is 5.95 Å². The molecule has 2 heterocycles. The second-order valence-corrected chi connectivity index (χ2v) is 6.51.